The minimum absolute atomic E-state index is 0.275. The van der Waals surface area contributed by atoms with Gasteiger partial charge in [-0.2, -0.15) is 0 Å². The molecule has 0 spiro atoms. The van der Waals surface area contributed by atoms with Gasteiger partial charge in [0.25, 0.3) is 0 Å². The molecule has 0 atom stereocenters. The van der Waals surface area contributed by atoms with Gasteiger partial charge in [0.05, 0.1) is 10.8 Å². The van der Waals surface area contributed by atoms with E-state index in [0.717, 1.165) is 69.6 Å². The second-order valence-corrected chi connectivity index (χ2v) is 12.7. The summed E-state index contributed by atoms with van der Waals surface area (Å²) in [5.74, 6) is 3.43. The highest BCUT2D eigenvalue weighted by molar-refractivity contribution is 5.88. The molecule has 0 aromatic heterocycles. The first-order valence-corrected chi connectivity index (χ1v) is 14.1. The van der Waals surface area contributed by atoms with E-state index in [2.05, 4.69) is 24.5 Å². The molecule has 2 amide bonds. The van der Waals surface area contributed by atoms with E-state index in [1.807, 2.05) is 0 Å². The lowest BCUT2D eigenvalue weighted by Gasteiger charge is -2.60. The lowest BCUT2D eigenvalue weighted by atomic mass is 9.43. The van der Waals surface area contributed by atoms with Gasteiger partial charge in [0.2, 0.25) is 11.8 Å². The lowest BCUT2D eigenvalue weighted by Crippen LogP contribution is -2.62. The molecular weight excluding hydrogens is 396 g/mol. The monoisotopic (exact) mass is 442 g/mol. The van der Waals surface area contributed by atoms with Crippen LogP contribution in [-0.4, -0.2) is 23.9 Å². The predicted molar refractivity (Wildman–Crippen MR) is 128 cm³/mol. The van der Waals surface area contributed by atoms with E-state index in [0.29, 0.717) is 35.7 Å². The van der Waals surface area contributed by atoms with Crippen molar-refractivity contribution in [1.29, 1.82) is 0 Å². The maximum absolute atomic E-state index is 13.7. The standard InChI is InChI=1S/C28H46N2O2/c1-3-19-5-9-23(10-6-19)29-25(31)27-14-21-13-22(15-27)17-28(16-21,18-27)26(32)30-24-11-7-20(4-2)8-12-24/h19-24H,3-18H2,1-2H3,(H,29,31)(H,30,32). The summed E-state index contributed by atoms with van der Waals surface area (Å²) in [6.07, 6.45) is 18.3. The van der Waals surface area contributed by atoms with Crippen molar-refractivity contribution in [3.8, 4) is 0 Å². The summed E-state index contributed by atoms with van der Waals surface area (Å²) in [4.78, 5) is 27.4. The van der Waals surface area contributed by atoms with Gasteiger partial charge in [-0.3, -0.25) is 9.59 Å². The van der Waals surface area contributed by atoms with Crippen LogP contribution in [0, 0.1) is 34.5 Å². The van der Waals surface area contributed by atoms with Gasteiger partial charge < -0.3 is 10.6 Å². The Labute approximate surface area is 195 Å². The normalized spacial score (nSPS) is 45.4. The summed E-state index contributed by atoms with van der Waals surface area (Å²) < 4.78 is 0. The summed E-state index contributed by atoms with van der Waals surface area (Å²) in [5, 5.41) is 7.00. The van der Waals surface area contributed by atoms with Gasteiger partial charge in [-0.15, -0.1) is 0 Å². The van der Waals surface area contributed by atoms with Gasteiger partial charge in [-0.25, -0.2) is 0 Å². The van der Waals surface area contributed by atoms with Crippen molar-refractivity contribution in [2.75, 3.05) is 0 Å². The molecule has 6 saturated carbocycles. The van der Waals surface area contributed by atoms with Gasteiger partial charge in [-0.1, -0.05) is 26.7 Å². The van der Waals surface area contributed by atoms with E-state index >= 15 is 0 Å². The topological polar surface area (TPSA) is 58.2 Å². The first-order chi connectivity index (χ1) is 15.4. The highest BCUT2D eigenvalue weighted by atomic mass is 16.2. The Kier molecular flexibility index (Phi) is 6.35. The largest absolute Gasteiger partial charge is 0.353 e. The molecule has 6 aliphatic rings. The predicted octanol–water partition coefficient (Wildman–Crippen LogP) is 5.74. The fourth-order valence-electron chi connectivity index (χ4n) is 8.90. The highest BCUT2D eigenvalue weighted by Gasteiger charge is 2.63. The van der Waals surface area contributed by atoms with E-state index in [1.54, 1.807) is 0 Å². The number of hydrogen-bond donors (Lipinski definition) is 2. The van der Waals surface area contributed by atoms with Crippen molar-refractivity contribution in [3.63, 3.8) is 0 Å². The van der Waals surface area contributed by atoms with Crippen molar-refractivity contribution in [3.05, 3.63) is 0 Å². The summed E-state index contributed by atoms with van der Waals surface area (Å²) in [5.41, 5.74) is -0.550. The molecule has 4 nitrogen and oxygen atoms in total. The molecule has 6 fully saturated rings. The van der Waals surface area contributed by atoms with Gasteiger partial charge in [0, 0.05) is 12.1 Å². The summed E-state index contributed by atoms with van der Waals surface area (Å²) >= 11 is 0. The van der Waals surface area contributed by atoms with Crippen LogP contribution >= 0.6 is 0 Å². The molecule has 4 bridgehead atoms. The van der Waals surface area contributed by atoms with Crippen LogP contribution in [0.1, 0.15) is 117 Å². The Morgan fingerprint density at radius 2 is 1.03 bits per heavy atom. The zero-order chi connectivity index (χ0) is 22.3. The number of carbonyl (C=O) groups excluding carboxylic acids is 2. The Balaban J connectivity index is 1.24. The molecule has 180 valence electrons. The molecule has 0 aliphatic heterocycles. The summed E-state index contributed by atoms with van der Waals surface area (Å²) in [6, 6.07) is 0.716. The van der Waals surface area contributed by atoms with Crippen LogP contribution < -0.4 is 10.6 Å². The average Bonchev–Trinajstić information content (AvgIpc) is 2.79. The zero-order valence-corrected chi connectivity index (χ0v) is 20.6. The van der Waals surface area contributed by atoms with Crippen LogP contribution in [0.4, 0.5) is 0 Å². The number of rotatable bonds is 6. The van der Waals surface area contributed by atoms with E-state index in [4.69, 9.17) is 0 Å². The van der Waals surface area contributed by atoms with Gasteiger partial charge in [-0.05, 0) is 114 Å². The maximum atomic E-state index is 13.7. The van der Waals surface area contributed by atoms with Crippen LogP contribution in [0.2, 0.25) is 0 Å². The smallest absolute Gasteiger partial charge is 0.226 e. The molecule has 0 heterocycles. The first-order valence-electron chi connectivity index (χ1n) is 14.1. The molecular formula is C28H46N2O2. The first kappa shape index (κ1) is 22.7. The fourth-order valence-corrected chi connectivity index (χ4v) is 8.90. The van der Waals surface area contributed by atoms with Gasteiger partial charge in [0.1, 0.15) is 0 Å². The molecule has 0 radical (unpaired) electrons. The lowest BCUT2D eigenvalue weighted by molar-refractivity contribution is -0.168. The Morgan fingerprint density at radius 1 is 0.656 bits per heavy atom. The molecule has 6 aliphatic carbocycles. The van der Waals surface area contributed by atoms with E-state index in [9.17, 15) is 9.59 Å². The molecule has 0 saturated heterocycles. The van der Waals surface area contributed by atoms with E-state index in [1.165, 1.54) is 44.9 Å². The number of carbonyl (C=O) groups is 2. The minimum Gasteiger partial charge on any atom is -0.353 e. The second-order valence-electron chi connectivity index (χ2n) is 12.7. The van der Waals surface area contributed by atoms with Crippen molar-refractivity contribution in [2.24, 2.45) is 34.5 Å². The summed E-state index contributed by atoms with van der Waals surface area (Å²) in [6.45, 7) is 4.58. The third kappa shape index (κ3) is 4.25. The molecule has 0 aromatic rings. The van der Waals surface area contributed by atoms with Gasteiger partial charge >= 0.3 is 0 Å². The Hall–Kier alpha value is -1.06. The number of amides is 2. The van der Waals surface area contributed by atoms with E-state index < -0.39 is 0 Å². The van der Waals surface area contributed by atoms with Crippen molar-refractivity contribution in [1.82, 2.24) is 10.6 Å². The van der Waals surface area contributed by atoms with Crippen LogP contribution in [0.5, 0.6) is 0 Å². The SMILES string of the molecule is CCC1CCC(NC(=O)C23CC4CC(C2)CC(C(=O)NC2CCC(CC)CC2)(C4)C3)CC1. The molecule has 32 heavy (non-hydrogen) atoms. The molecule has 4 heteroatoms. The molecule has 0 unspecified atom stereocenters. The Morgan fingerprint density at radius 3 is 1.38 bits per heavy atom. The average molecular weight is 443 g/mol. The quantitative estimate of drug-likeness (QED) is 0.551. The highest BCUT2D eigenvalue weighted by Crippen LogP contribution is 2.65. The fraction of sp³-hybridized carbons (Fsp3) is 0.929. The Bertz CT molecular complexity index is 632. The van der Waals surface area contributed by atoms with Crippen LogP contribution in [0.25, 0.3) is 0 Å². The molecule has 6 rings (SSSR count). The van der Waals surface area contributed by atoms with Crippen molar-refractivity contribution >= 4 is 11.8 Å². The van der Waals surface area contributed by atoms with Crippen LogP contribution in [0.3, 0.4) is 0 Å². The summed E-state index contributed by atoms with van der Waals surface area (Å²) in [7, 11) is 0. The maximum Gasteiger partial charge on any atom is 0.226 e. The molecule has 0 aromatic carbocycles. The second kappa shape index (κ2) is 8.95. The third-order valence-corrected chi connectivity index (χ3v) is 10.5. The minimum atomic E-state index is -0.275. The van der Waals surface area contributed by atoms with Crippen LogP contribution in [-0.2, 0) is 9.59 Å². The van der Waals surface area contributed by atoms with Crippen molar-refractivity contribution < 1.29 is 9.59 Å². The molecule has 2 N–H and O–H groups in total. The van der Waals surface area contributed by atoms with Gasteiger partial charge in [0.15, 0.2) is 0 Å². The van der Waals surface area contributed by atoms with E-state index in [-0.39, 0.29) is 10.8 Å². The third-order valence-electron chi connectivity index (χ3n) is 10.5. The zero-order valence-electron chi connectivity index (χ0n) is 20.6. The van der Waals surface area contributed by atoms with Crippen LogP contribution in [0.15, 0.2) is 0 Å². The van der Waals surface area contributed by atoms with Crippen molar-refractivity contribution in [2.45, 2.75) is 129 Å². The number of hydrogen-bond acceptors (Lipinski definition) is 2. The number of nitrogens with one attached hydrogen (secondary N) is 2.